The average Bonchev–Trinajstić information content (AvgIpc) is 2.42. The Morgan fingerprint density at radius 3 is 2.89 bits per heavy atom. The van der Waals surface area contributed by atoms with Crippen LogP contribution in [0.25, 0.3) is 0 Å². The van der Waals surface area contributed by atoms with Gasteiger partial charge in [-0.3, -0.25) is 9.69 Å². The molecule has 104 valence electrons. The number of nitrogens with zero attached hydrogens (tertiary/aromatic N) is 1. The van der Waals surface area contributed by atoms with Gasteiger partial charge in [0.15, 0.2) is 0 Å². The van der Waals surface area contributed by atoms with Crippen LogP contribution in [0.15, 0.2) is 23.1 Å². The first-order valence-corrected chi connectivity index (χ1v) is 7.12. The van der Waals surface area contributed by atoms with E-state index in [4.69, 9.17) is 0 Å². The molecule has 0 spiro atoms. The van der Waals surface area contributed by atoms with E-state index in [0.29, 0.717) is 12.1 Å². The van der Waals surface area contributed by atoms with Crippen LogP contribution in [0.4, 0.5) is 0 Å². The number of benzene rings is 1. The third kappa shape index (κ3) is 4.23. The number of carbonyl (C=O) groups excluding carboxylic acids is 1. The fourth-order valence-corrected chi connectivity index (χ4v) is 2.42. The Hall–Kier alpha value is -1.04. The number of carbonyl (C=O) groups is 1. The molecule has 0 radical (unpaired) electrons. The van der Waals surface area contributed by atoms with Crippen molar-refractivity contribution in [1.29, 1.82) is 0 Å². The van der Waals surface area contributed by atoms with Crippen LogP contribution in [0.5, 0.6) is 0 Å². The lowest BCUT2D eigenvalue weighted by atomic mass is 10.1. The minimum atomic E-state index is -0.0106. The van der Waals surface area contributed by atoms with Gasteiger partial charge in [-0.2, -0.15) is 0 Å². The predicted molar refractivity (Wildman–Crippen MR) is 80.1 cm³/mol. The van der Waals surface area contributed by atoms with E-state index in [9.17, 15) is 4.79 Å². The van der Waals surface area contributed by atoms with Crippen molar-refractivity contribution in [3.63, 3.8) is 0 Å². The topological polar surface area (TPSA) is 44.4 Å². The molecular formula is C14H21N3OS. The summed E-state index contributed by atoms with van der Waals surface area (Å²) in [5.74, 6) is -0.0106. The van der Waals surface area contributed by atoms with Crippen molar-refractivity contribution in [1.82, 2.24) is 15.5 Å². The molecular weight excluding hydrogens is 258 g/mol. The second-order valence-corrected chi connectivity index (χ2v) is 5.36. The third-order valence-electron chi connectivity index (χ3n) is 3.39. The van der Waals surface area contributed by atoms with Gasteiger partial charge in [0, 0.05) is 49.7 Å². The molecule has 5 heteroatoms. The van der Waals surface area contributed by atoms with Crippen molar-refractivity contribution >= 4 is 18.5 Å². The number of piperazine rings is 1. The van der Waals surface area contributed by atoms with E-state index in [1.54, 1.807) is 0 Å². The first kappa shape index (κ1) is 14.4. The van der Waals surface area contributed by atoms with E-state index < -0.39 is 0 Å². The molecule has 0 saturated carbocycles. The van der Waals surface area contributed by atoms with E-state index >= 15 is 0 Å². The lowest BCUT2D eigenvalue weighted by molar-refractivity contribution is 0.0946. The van der Waals surface area contributed by atoms with E-state index in [2.05, 4.69) is 28.2 Å². The molecule has 1 aromatic carbocycles. The summed E-state index contributed by atoms with van der Waals surface area (Å²) in [6.07, 6.45) is 0. The highest BCUT2D eigenvalue weighted by Crippen LogP contribution is 2.13. The van der Waals surface area contributed by atoms with Gasteiger partial charge in [0.2, 0.25) is 0 Å². The highest BCUT2D eigenvalue weighted by Gasteiger charge is 2.11. The lowest BCUT2D eigenvalue weighted by Crippen LogP contribution is -2.46. The molecule has 2 N–H and O–H groups in total. The molecule has 0 aliphatic carbocycles. The summed E-state index contributed by atoms with van der Waals surface area (Å²) in [4.78, 5) is 15.3. The van der Waals surface area contributed by atoms with Crippen LogP contribution in [0, 0.1) is 6.92 Å². The molecule has 4 nitrogen and oxygen atoms in total. The minimum absolute atomic E-state index is 0.0106. The number of hydrogen-bond acceptors (Lipinski definition) is 4. The Kier molecular flexibility index (Phi) is 5.24. The third-order valence-corrected chi connectivity index (χ3v) is 3.67. The zero-order valence-corrected chi connectivity index (χ0v) is 12.2. The maximum atomic E-state index is 12.1. The van der Waals surface area contributed by atoms with Crippen LogP contribution < -0.4 is 10.6 Å². The van der Waals surface area contributed by atoms with Crippen LogP contribution in [0.2, 0.25) is 0 Å². The zero-order valence-electron chi connectivity index (χ0n) is 11.3. The molecule has 0 unspecified atom stereocenters. The molecule has 0 bridgehead atoms. The first-order chi connectivity index (χ1) is 9.16. The summed E-state index contributed by atoms with van der Waals surface area (Å²) in [5, 5.41) is 6.30. The summed E-state index contributed by atoms with van der Waals surface area (Å²) in [6, 6.07) is 5.64. The molecule has 1 aliphatic heterocycles. The molecule has 1 heterocycles. The maximum absolute atomic E-state index is 12.1. The van der Waals surface area contributed by atoms with Gasteiger partial charge in [0.25, 0.3) is 5.91 Å². The number of rotatable bonds is 4. The summed E-state index contributed by atoms with van der Waals surface area (Å²) in [6.45, 7) is 7.73. The van der Waals surface area contributed by atoms with Gasteiger partial charge in [-0.25, -0.2) is 0 Å². The van der Waals surface area contributed by atoms with Gasteiger partial charge < -0.3 is 10.6 Å². The van der Waals surface area contributed by atoms with Gasteiger partial charge in [0.05, 0.1) is 0 Å². The molecule has 1 fully saturated rings. The Morgan fingerprint density at radius 1 is 1.42 bits per heavy atom. The first-order valence-electron chi connectivity index (χ1n) is 6.68. The van der Waals surface area contributed by atoms with Crippen molar-refractivity contribution in [2.75, 3.05) is 39.3 Å². The van der Waals surface area contributed by atoms with Crippen molar-refractivity contribution < 1.29 is 4.79 Å². The van der Waals surface area contributed by atoms with Gasteiger partial charge in [0.1, 0.15) is 0 Å². The summed E-state index contributed by atoms with van der Waals surface area (Å²) in [7, 11) is 0. The molecule has 0 aromatic heterocycles. The fraction of sp³-hybridized carbons (Fsp3) is 0.500. The second kappa shape index (κ2) is 6.93. The maximum Gasteiger partial charge on any atom is 0.251 e. The van der Waals surface area contributed by atoms with Gasteiger partial charge in [-0.1, -0.05) is 6.07 Å². The normalized spacial score (nSPS) is 16.3. The van der Waals surface area contributed by atoms with Crippen molar-refractivity contribution in [3.05, 3.63) is 29.3 Å². The number of aryl methyl sites for hydroxylation is 1. The molecule has 1 saturated heterocycles. The molecule has 0 atom stereocenters. The predicted octanol–water partition coefficient (Wildman–Crippen LogP) is 0.919. The van der Waals surface area contributed by atoms with E-state index in [1.165, 1.54) is 0 Å². The summed E-state index contributed by atoms with van der Waals surface area (Å²) >= 11 is 4.27. The SMILES string of the molecule is Cc1ccc(S)cc1C(=O)NCCN1CCNCC1. The van der Waals surface area contributed by atoms with Crippen LogP contribution in [-0.4, -0.2) is 50.1 Å². The van der Waals surface area contributed by atoms with Crippen LogP contribution in [0.1, 0.15) is 15.9 Å². The highest BCUT2D eigenvalue weighted by atomic mass is 32.1. The largest absolute Gasteiger partial charge is 0.351 e. The minimum Gasteiger partial charge on any atom is -0.351 e. The van der Waals surface area contributed by atoms with E-state index in [1.807, 2.05) is 25.1 Å². The molecule has 1 aromatic rings. The lowest BCUT2D eigenvalue weighted by Gasteiger charge is -2.27. The molecule has 19 heavy (non-hydrogen) atoms. The number of nitrogens with one attached hydrogen (secondary N) is 2. The van der Waals surface area contributed by atoms with Crippen LogP contribution in [0.3, 0.4) is 0 Å². The van der Waals surface area contributed by atoms with Crippen LogP contribution >= 0.6 is 12.6 Å². The van der Waals surface area contributed by atoms with Gasteiger partial charge in [-0.05, 0) is 24.6 Å². The number of thiol groups is 1. The van der Waals surface area contributed by atoms with Gasteiger partial charge >= 0.3 is 0 Å². The standard InChI is InChI=1S/C14H21N3OS/c1-11-2-3-12(19)10-13(11)14(18)16-6-9-17-7-4-15-5-8-17/h2-3,10,15,19H,4-9H2,1H3,(H,16,18). The Labute approximate surface area is 120 Å². The highest BCUT2D eigenvalue weighted by molar-refractivity contribution is 7.80. The van der Waals surface area contributed by atoms with Gasteiger partial charge in [-0.15, -0.1) is 12.6 Å². The van der Waals surface area contributed by atoms with E-state index in [-0.39, 0.29) is 5.91 Å². The van der Waals surface area contributed by atoms with Crippen molar-refractivity contribution in [3.8, 4) is 0 Å². The number of amides is 1. The molecule has 1 aliphatic rings. The Morgan fingerprint density at radius 2 is 2.16 bits per heavy atom. The summed E-state index contributed by atoms with van der Waals surface area (Å²) in [5.41, 5.74) is 1.70. The zero-order chi connectivity index (χ0) is 13.7. The Balaban J connectivity index is 1.82. The summed E-state index contributed by atoms with van der Waals surface area (Å²) < 4.78 is 0. The molecule has 2 rings (SSSR count). The smallest absolute Gasteiger partial charge is 0.251 e. The van der Waals surface area contributed by atoms with Crippen LogP contribution in [-0.2, 0) is 0 Å². The van der Waals surface area contributed by atoms with Crippen molar-refractivity contribution in [2.24, 2.45) is 0 Å². The van der Waals surface area contributed by atoms with E-state index in [0.717, 1.165) is 43.2 Å². The second-order valence-electron chi connectivity index (χ2n) is 4.85. The quantitative estimate of drug-likeness (QED) is 0.718. The Bertz CT molecular complexity index is 444. The fourth-order valence-electron chi connectivity index (χ4n) is 2.21. The average molecular weight is 279 g/mol. The molecule has 1 amide bonds. The monoisotopic (exact) mass is 279 g/mol. The number of hydrogen-bond donors (Lipinski definition) is 3. The van der Waals surface area contributed by atoms with Crippen molar-refractivity contribution in [2.45, 2.75) is 11.8 Å².